The highest BCUT2D eigenvalue weighted by Gasteiger charge is 2.17. The Bertz CT molecular complexity index is 541. The van der Waals surface area contributed by atoms with Crippen molar-refractivity contribution in [1.82, 2.24) is 9.88 Å². The second kappa shape index (κ2) is 5.76. The molecule has 19 heavy (non-hydrogen) atoms. The molecule has 0 radical (unpaired) electrons. The number of hydrogen-bond donors (Lipinski definition) is 1. The van der Waals surface area contributed by atoms with Gasteiger partial charge in [-0.15, -0.1) is 0 Å². The molecule has 2 heterocycles. The number of nitrogens with zero attached hydrogens (tertiary/aromatic N) is 1. The summed E-state index contributed by atoms with van der Waals surface area (Å²) < 4.78 is 7.95. The van der Waals surface area contributed by atoms with Gasteiger partial charge in [0.1, 0.15) is 0 Å². The molecule has 0 unspecified atom stereocenters. The van der Waals surface area contributed by atoms with Crippen molar-refractivity contribution in [2.24, 2.45) is 5.92 Å². The largest absolute Gasteiger partial charge is 0.381 e. The highest BCUT2D eigenvalue weighted by molar-refractivity contribution is 5.81. The maximum atomic E-state index is 5.46. The Morgan fingerprint density at radius 2 is 2.05 bits per heavy atom. The van der Waals surface area contributed by atoms with Gasteiger partial charge in [-0.05, 0) is 43.3 Å². The molecule has 1 aromatic carbocycles. The molecule has 1 aliphatic heterocycles. The quantitative estimate of drug-likeness (QED) is 0.912. The van der Waals surface area contributed by atoms with Gasteiger partial charge in [-0.3, -0.25) is 0 Å². The first-order valence-electron chi connectivity index (χ1n) is 7.18. The lowest BCUT2D eigenvalue weighted by molar-refractivity contribution is 0.0614. The molecule has 3 heteroatoms. The molecule has 3 nitrogen and oxygen atoms in total. The molecule has 0 amide bonds. The summed E-state index contributed by atoms with van der Waals surface area (Å²) in [7, 11) is 2.01. The van der Waals surface area contributed by atoms with Gasteiger partial charge in [-0.2, -0.15) is 0 Å². The molecule has 1 fully saturated rings. The fraction of sp³-hybridized carbons (Fsp3) is 0.500. The van der Waals surface area contributed by atoms with Gasteiger partial charge in [-0.1, -0.05) is 18.2 Å². The first-order chi connectivity index (χ1) is 9.38. The van der Waals surface area contributed by atoms with Crippen LogP contribution in [-0.4, -0.2) is 24.8 Å². The van der Waals surface area contributed by atoms with Crippen molar-refractivity contribution in [3.63, 3.8) is 0 Å². The third kappa shape index (κ3) is 2.67. The van der Waals surface area contributed by atoms with Crippen molar-refractivity contribution in [3.05, 3.63) is 36.0 Å². The van der Waals surface area contributed by atoms with Crippen molar-refractivity contribution in [2.45, 2.75) is 25.9 Å². The Labute approximate surface area is 114 Å². The summed E-state index contributed by atoms with van der Waals surface area (Å²) in [5.41, 5.74) is 2.74. The van der Waals surface area contributed by atoms with Crippen molar-refractivity contribution in [1.29, 1.82) is 0 Å². The summed E-state index contributed by atoms with van der Waals surface area (Å²) in [6.07, 6.45) is 2.37. The van der Waals surface area contributed by atoms with E-state index in [0.29, 0.717) is 0 Å². The average Bonchev–Trinajstić information content (AvgIpc) is 2.79. The smallest absolute Gasteiger partial charge is 0.0483 e. The Kier molecular flexibility index (Phi) is 3.85. The normalized spacial score (nSPS) is 17.1. The fourth-order valence-electron chi connectivity index (χ4n) is 3.00. The molecule has 0 aliphatic carbocycles. The van der Waals surface area contributed by atoms with E-state index in [1.54, 1.807) is 0 Å². The minimum atomic E-state index is 0.750. The van der Waals surface area contributed by atoms with E-state index >= 15 is 0 Å². The van der Waals surface area contributed by atoms with Crippen molar-refractivity contribution >= 4 is 10.9 Å². The molecular formula is C16H22N2O. The van der Waals surface area contributed by atoms with E-state index in [1.807, 2.05) is 7.05 Å². The molecule has 0 spiro atoms. The SMILES string of the molecule is CNCc1cc2ccccc2n1CC1CCOCC1. The maximum absolute atomic E-state index is 5.46. The number of aromatic nitrogens is 1. The number of nitrogens with one attached hydrogen (secondary N) is 1. The van der Waals surface area contributed by atoms with E-state index in [-0.39, 0.29) is 0 Å². The van der Waals surface area contributed by atoms with E-state index in [2.05, 4.69) is 40.2 Å². The second-order valence-corrected chi connectivity index (χ2v) is 5.39. The van der Waals surface area contributed by atoms with Crippen LogP contribution in [0.15, 0.2) is 30.3 Å². The number of rotatable bonds is 4. The van der Waals surface area contributed by atoms with Crippen LogP contribution < -0.4 is 5.32 Å². The fourth-order valence-corrected chi connectivity index (χ4v) is 3.00. The Hall–Kier alpha value is -1.32. The van der Waals surface area contributed by atoms with E-state index in [9.17, 15) is 0 Å². The minimum absolute atomic E-state index is 0.750. The van der Waals surface area contributed by atoms with Gasteiger partial charge in [0, 0.05) is 37.5 Å². The topological polar surface area (TPSA) is 26.2 Å². The van der Waals surface area contributed by atoms with Crippen LogP contribution in [-0.2, 0) is 17.8 Å². The highest BCUT2D eigenvalue weighted by Crippen LogP contribution is 2.24. The number of hydrogen-bond acceptors (Lipinski definition) is 2. The van der Waals surface area contributed by atoms with Crippen LogP contribution >= 0.6 is 0 Å². The van der Waals surface area contributed by atoms with Crippen molar-refractivity contribution < 1.29 is 4.74 Å². The van der Waals surface area contributed by atoms with Crippen molar-refractivity contribution in [3.8, 4) is 0 Å². The van der Waals surface area contributed by atoms with Gasteiger partial charge >= 0.3 is 0 Å². The lowest BCUT2D eigenvalue weighted by Gasteiger charge is -2.24. The van der Waals surface area contributed by atoms with Crippen LogP contribution in [0.4, 0.5) is 0 Å². The minimum Gasteiger partial charge on any atom is -0.381 e. The van der Waals surface area contributed by atoms with Crippen LogP contribution in [0, 0.1) is 5.92 Å². The molecule has 1 aliphatic rings. The molecule has 0 saturated carbocycles. The van der Waals surface area contributed by atoms with Gasteiger partial charge < -0.3 is 14.6 Å². The molecule has 0 bridgehead atoms. The Morgan fingerprint density at radius 1 is 1.26 bits per heavy atom. The molecular weight excluding hydrogens is 236 g/mol. The zero-order valence-electron chi connectivity index (χ0n) is 11.6. The molecule has 1 saturated heterocycles. The van der Waals surface area contributed by atoms with Crippen LogP contribution in [0.2, 0.25) is 0 Å². The van der Waals surface area contributed by atoms with Crippen LogP contribution in [0.5, 0.6) is 0 Å². The molecule has 3 rings (SSSR count). The zero-order valence-corrected chi connectivity index (χ0v) is 11.6. The first-order valence-corrected chi connectivity index (χ1v) is 7.18. The van der Waals surface area contributed by atoms with Crippen LogP contribution in [0.3, 0.4) is 0 Å². The molecule has 102 valence electrons. The van der Waals surface area contributed by atoms with Crippen LogP contribution in [0.25, 0.3) is 10.9 Å². The second-order valence-electron chi connectivity index (χ2n) is 5.39. The Morgan fingerprint density at radius 3 is 2.84 bits per heavy atom. The zero-order chi connectivity index (χ0) is 13.1. The monoisotopic (exact) mass is 258 g/mol. The van der Waals surface area contributed by atoms with E-state index < -0.39 is 0 Å². The summed E-state index contributed by atoms with van der Waals surface area (Å²) in [4.78, 5) is 0. The van der Waals surface area contributed by atoms with Gasteiger partial charge in [0.15, 0.2) is 0 Å². The van der Waals surface area contributed by atoms with Crippen molar-refractivity contribution in [2.75, 3.05) is 20.3 Å². The molecule has 1 aromatic heterocycles. The standard InChI is InChI=1S/C16H22N2O/c1-17-11-15-10-14-4-2-3-5-16(14)18(15)12-13-6-8-19-9-7-13/h2-5,10,13,17H,6-9,11-12H2,1H3. The van der Waals surface area contributed by atoms with E-state index in [1.165, 1.54) is 29.4 Å². The molecule has 0 atom stereocenters. The summed E-state index contributed by atoms with van der Waals surface area (Å²) >= 11 is 0. The first kappa shape index (κ1) is 12.7. The molecule has 1 N–H and O–H groups in total. The number of para-hydroxylation sites is 1. The predicted molar refractivity (Wildman–Crippen MR) is 78.2 cm³/mol. The third-order valence-corrected chi connectivity index (χ3v) is 4.04. The van der Waals surface area contributed by atoms with E-state index in [0.717, 1.165) is 32.2 Å². The number of ether oxygens (including phenoxy) is 1. The lowest BCUT2D eigenvalue weighted by Crippen LogP contribution is -2.22. The van der Waals surface area contributed by atoms with Gasteiger partial charge in [-0.25, -0.2) is 0 Å². The average molecular weight is 258 g/mol. The Balaban J connectivity index is 1.92. The molecule has 2 aromatic rings. The summed E-state index contributed by atoms with van der Waals surface area (Å²) in [6.45, 7) is 3.89. The summed E-state index contributed by atoms with van der Waals surface area (Å²) in [5, 5.41) is 4.62. The highest BCUT2D eigenvalue weighted by atomic mass is 16.5. The van der Waals surface area contributed by atoms with E-state index in [4.69, 9.17) is 4.74 Å². The lowest BCUT2D eigenvalue weighted by atomic mass is 10.0. The third-order valence-electron chi connectivity index (χ3n) is 4.04. The van der Waals surface area contributed by atoms with Gasteiger partial charge in [0.25, 0.3) is 0 Å². The number of benzene rings is 1. The number of fused-ring (bicyclic) bond motifs is 1. The summed E-state index contributed by atoms with van der Waals surface area (Å²) in [5.74, 6) is 0.750. The van der Waals surface area contributed by atoms with Crippen LogP contribution in [0.1, 0.15) is 18.5 Å². The maximum Gasteiger partial charge on any atom is 0.0483 e. The predicted octanol–water partition coefficient (Wildman–Crippen LogP) is 2.79. The summed E-state index contributed by atoms with van der Waals surface area (Å²) in [6, 6.07) is 11.0. The van der Waals surface area contributed by atoms with Gasteiger partial charge in [0.2, 0.25) is 0 Å². The van der Waals surface area contributed by atoms with Gasteiger partial charge in [0.05, 0.1) is 0 Å².